The van der Waals surface area contributed by atoms with Gasteiger partial charge in [-0.25, -0.2) is 9.38 Å². The zero-order chi connectivity index (χ0) is 20.3. The first-order valence-corrected chi connectivity index (χ1v) is 10.5. The van der Waals surface area contributed by atoms with Crippen molar-refractivity contribution in [2.24, 2.45) is 0 Å². The predicted molar refractivity (Wildman–Crippen MR) is 121 cm³/mol. The second kappa shape index (κ2) is 6.58. The van der Waals surface area contributed by atoms with Gasteiger partial charge in [0.05, 0.1) is 15.6 Å². The monoisotopic (exact) mass is 419 g/mol. The van der Waals surface area contributed by atoms with E-state index in [1.54, 1.807) is 4.40 Å². The summed E-state index contributed by atoms with van der Waals surface area (Å²) >= 11 is 7.72. The molecule has 0 N–H and O–H groups in total. The fourth-order valence-electron chi connectivity index (χ4n) is 3.53. The number of hydrogen-bond donors (Lipinski definition) is 0. The minimum atomic E-state index is -0.0366. The van der Waals surface area contributed by atoms with Crippen molar-refractivity contribution in [1.29, 1.82) is 0 Å². The van der Waals surface area contributed by atoms with Gasteiger partial charge < -0.3 is 4.57 Å². The first-order chi connectivity index (χ1) is 13.9. The Morgan fingerprint density at radius 2 is 1.83 bits per heavy atom. The van der Waals surface area contributed by atoms with E-state index in [-0.39, 0.29) is 5.56 Å². The number of thiazole rings is 1. The molecule has 3 heterocycles. The molecule has 0 bridgehead atoms. The van der Waals surface area contributed by atoms with E-state index in [1.165, 1.54) is 16.9 Å². The minimum absolute atomic E-state index is 0.0366. The molecule has 0 unspecified atom stereocenters. The van der Waals surface area contributed by atoms with Gasteiger partial charge in [-0.1, -0.05) is 29.0 Å². The fourth-order valence-corrected chi connectivity index (χ4v) is 4.68. The lowest BCUT2D eigenvalue weighted by Gasteiger charge is -2.08. The summed E-state index contributed by atoms with van der Waals surface area (Å²) in [4.78, 5) is 18.5. The molecule has 0 saturated carbocycles. The maximum atomic E-state index is 13.1. The summed E-state index contributed by atoms with van der Waals surface area (Å²) in [5.41, 5.74) is 6.94. The van der Waals surface area contributed by atoms with Crippen LogP contribution in [0.4, 0.5) is 0 Å². The van der Waals surface area contributed by atoms with Gasteiger partial charge in [0, 0.05) is 22.6 Å². The lowest BCUT2D eigenvalue weighted by Crippen LogP contribution is -2.23. The highest BCUT2D eigenvalue weighted by molar-refractivity contribution is 7.15. The van der Waals surface area contributed by atoms with Crippen LogP contribution in [0.25, 0.3) is 27.8 Å². The van der Waals surface area contributed by atoms with Crippen molar-refractivity contribution in [3.05, 3.63) is 91.0 Å². The molecule has 0 aliphatic heterocycles. The van der Waals surface area contributed by atoms with Gasteiger partial charge in [-0.05, 0) is 79.9 Å². The Morgan fingerprint density at radius 1 is 1.03 bits per heavy atom. The average molecular weight is 420 g/mol. The molecular formula is C23H18ClN3OS. The van der Waals surface area contributed by atoms with Crippen LogP contribution in [0.3, 0.4) is 0 Å². The number of imidazole rings is 1. The highest BCUT2D eigenvalue weighted by Gasteiger charge is 2.13. The molecule has 0 aliphatic carbocycles. The number of rotatable bonds is 2. The molecule has 0 saturated heterocycles. The Hall–Kier alpha value is -2.89. The molecule has 0 spiro atoms. The summed E-state index contributed by atoms with van der Waals surface area (Å²) in [6, 6.07) is 14.0. The van der Waals surface area contributed by atoms with E-state index >= 15 is 0 Å². The average Bonchev–Trinajstić information content (AvgIpc) is 3.35. The van der Waals surface area contributed by atoms with Gasteiger partial charge in [0.15, 0.2) is 4.96 Å². The molecule has 4 nitrogen and oxygen atoms in total. The molecule has 3 aromatic heterocycles. The summed E-state index contributed by atoms with van der Waals surface area (Å²) in [7, 11) is 0. The van der Waals surface area contributed by atoms with Crippen LogP contribution in [0, 0.1) is 20.8 Å². The number of hydrogen-bond acceptors (Lipinski definition) is 3. The van der Waals surface area contributed by atoms with E-state index in [0.717, 1.165) is 43.5 Å². The van der Waals surface area contributed by atoms with E-state index in [0.29, 0.717) is 4.53 Å². The van der Waals surface area contributed by atoms with Crippen LogP contribution in [0.1, 0.15) is 22.4 Å². The zero-order valence-electron chi connectivity index (χ0n) is 16.2. The van der Waals surface area contributed by atoms with E-state index in [9.17, 15) is 4.79 Å². The van der Waals surface area contributed by atoms with Gasteiger partial charge in [0.1, 0.15) is 0 Å². The largest absolute Gasteiger partial charge is 0.317 e. The SMILES string of the molecule is Cc1cc2nc3s/c(=C\c4cccn4-c4ccc(C)c(Cl)c4)c(=O)n3c2cc1C. The normalized spacial score (nSPS) is 12.5. The van der Waals surface area contributed by atoms with Crippen molar-refractivity contribution < 1.29 is 0 Å². The third kappa shape index (κ3) is 2.89. The Morgan fingerprint density at radius 3 is 2.62 bits per heavy atom. The molecule has 29 heavy (non-hydrogen) atoms. The van der Waals surface area contributed by atoms with Crippen LogP contribution in [0.5, 0.6) is 0 Å². The van der Waals surface area contributed by atoms with E-state index < -0.39 is 0 Å². The maximum absolute atomic E-state index is 13.1. The molecule has 0 radical (unpaired) electrons. The maximum Gasteiger partial charge on any atom is 0.275 e. The molecule has 0 atom stereocenters. The van der Waals surface area contributed by atoms with Gasteiger partial charge in [0.25, 0.3) is 5.56 Å². The predicted octanol–water partition coefficient (Wildman–Crippen LogP) is 4.83. The summed E-state index contributed by atoms with van der Waals surface area (Å²) in [6.45, 7) is 6.09. The number of aryl methyl sites for hydroxylation is 3. The number of halogens is 1. The standard InChI is InChI=1S/C23H18ClN3OS/c1-13-6-7-17(11-18(13)24)26-8-4-5-16(26)12-21-22(28)27-20-10-15(3)14(2)9-19(20)25-23(27)29-21/h4-12H,1-3H3/b21-12-. The second-order valence-corrected chi connectivity index (χ2v) is 8.72. The van der Waals surface area contributed by atoms with Crippen molar-refractivity contribution in [3.8, 4) is 5.69 Å². The van der Waals surface area contributed by atoms with Crippen molar-refractivity contribution in [2.45, 2.75) is 20.8 Å². The Labute approximate surface area is 176 Å². The molecule has 6 heteroatoms. The lowest BCUT2D eigenvalue weighted by atomic mass is 10.1. The third-order valence-electron chi connectivity index (χ3n) is 5.35. The summed E-state index contributed by atoms with van der Waals surface area (Å²) < 4.78 is 4.40. The van der Waals surface area contributed by atoms with Crippen LogP contribution in [-0.2, 0) is 0 Å². The zero-order valence-corrected chi connectivity index (χ0v) is 17.8. The minimum Gasteiger partial charge on any atom is -0.317 e. The van der Waals surface area contributed by atoms with Crippen LogP contribution in [-0.4, -0.2) is 14.0 Å². The Kier molecular flexibility index (Phi) is 4.12. The van der Waals surface area contributed by atoms with Crippen LogP contribution >= 0.6 is 22.9 Å². The third-order valence-corrected chi connectivity index (χ3v) is 6.72. The van der Waals surface area contributed by atoms with Gasteiger partial charge >= 0.3 is 0 Å². The van der Waals surface area contributed by atoms with Gasteiger partial charge in [-0.15, -0.1) is 0 Å². The highest BCUT2D eigenvalue weighted by Crippen LogP contribution is 2.22. The topological polar surface area (TPSA) is 39.3 Å². The van der Waals surface area contributed by atoms with E-state index in [2.05, 4.69) is 18.8 Å². The fraction of sp³-hybridized carbons (Fsp3) is 0.130. The van der Waals surface area contributed by atoms with Crippen LogP contribution in [0.15, 0.2) is 53.5 Å². The first kappa shape index (κ1) is 18.2. The van der Waals surface area contributed by atoms with Crippen molar-refractivity contribution in [2.75, 3.05) is 0 Å². The number of fused-ring (bicyclic) bond motifs is 3. The quantitative estimate of drug-likeness (QED) is 0.411. The molecule has 2 aromatic carbocycles. The Balaban J connectivity index is 1.70. The van der Waals surface area contributed by atoms with E-state index in [4.69, 9.17) is 11.6 Å². The molecule has 5 aromatic rings. The molecule has 0 amide bonds. The molecule has 5 rings (SSSR count). The smallest absolute Gasteiger partial charge is 0.275 e. The van der Waals surface area contributed by atoms with E-state index in [1.807, 2.05) is 66.2 Å². The number of aromatic nitrogens is 3. The molecule has 0 fully saturated rings. The van der Waals surface area contributed by atoms with Crippen molar-refractivity contribution in [1.82, 2.24) is 14.0 Å². The number of benzene rings is 2. The van der Waals surface area contributed by atoms with Crippen molar-refractivity contribution >= 4 is 45.0 Å². The summed E-state index contributed by atoms with van der Waals surface area (Å²) in [5, 5.41) is 0.721. The van der Waals surface area contributed by atoms with Crippen LogP contribution in [0.2, 0.25) is 5.02 Å². The molecule has 0 aliphatic rings. The summed E-state index contributed by atoms with van der Waals surface area (Å²) in [6.07, 6.45) is 3.89. The van der Waals surface area contributed by atoms with Gasteiger partial charge in [0.2, 0.25) is 0 Å². The number of nitrogens with zero attached hydrogens (tertiary/aromatic N) is 3. The lowest BCUT2D eigenvalue weighted by molar-refractivity contribution is 1.06. The second-order valence-electron chi connectivity index (χ2n) is 7.31. The molecule has 144 valence electrons. The van der Waals surface area contributed by atoms with Gasteiger partial charge in [-0.3, -0.25) is 4.79 Å². The van der Waals surface area contributed by atoms with Gasteiger partial charge in [-0.2, -0.15) is 0 Å². The summed E-state index contributed by atoms with van der Waals surface area (Å²) in [5.74, 6) is 0. The van der Waals surface area contributed by atoms with Crippen molar-refractivity contribution in [3.63, 3.8) is 0 Å². The Bertz CT molecular complexity index is 1520. The highest BCUT2D eigenvalue weighted by atomic mass is 35.5. The first-order valence-electron chi connectivity index (χ1n) is 9.30. The molecular weight excluding hydrogens is 402 g/mol. The van der Waals surface area contributed by atoms with Crippen LogP contribution < -0.4 is 10.1 Å².